The molecule has 2 aliphatic heterocycles. The fourth-order valence-corrected chi connectivity index (χ4v) is 2.42. The zero-order valence-electron chi connectivity index (χ0n) is 10.5. The number of carbonyl (C=O) groups is 1. The van der Waals surface area contributed by atoms with Gasteiger partial charge in [-0.15, -0.1) is 0 Å². The van der Waals surface area contributed by atoms with Crippen LogP contribution in [0.5, 0.6) is 0 Å². The van der Waals surface area contributed by atoms with Gasteiger partial charge in [0.25, 0.3) is 0 Å². The molecule has 1 atom stereocenters. The fraction of sp³-hybridized carbons (Fsp3) is 0.917. The summed E-state index contributed by atoms with van der Waals surface area (Å²) in [5.74, 6) is 0.180. The number of carbonyl (C=O) groups excluding carboxylic acids is 1. The molecule has 0 saturated carbocycles. The van der Waals surface area contributed by atoms with Gasteiger partial charge in [-0.25, -0.2) is 0 Å². The number of hydrogen-bond donors (Lipinski definition) is 1. The molecule has 2 fully saturated rings. The van der Waals surface area contributed by atoms with Gasteiger partial charge in [0.05, 0.1) is 19.3 Å². The van der Waals surface area contributed by atoms with Gasteiger partial charge in [-0.1, -0.05) is 0 Å². The van der Waals surface area contributed by atoms with Gasteiger partial charge in [0.15, 0.2) is 0 Å². The van der Waals surface area contributed by atoms with Crippen molar-refractivity contribution in [2.45, 2.75) is 31.9 Å². The van der Waals surface area contributed by atoms with Crippen LogP contribution >= 0.6 is 0 Å². The van der Waals surface area contributed by atoms with Crippen molar-refractivity contribution in [2.75, 3.05) is 39.5 Å². The molecule has 2 saturated heterocycles. The Morgan fingerprint density at radius 1 is 1.47 bits per heavy atom. The molecule has 0 radical (unpaired) electrons. The summed E-state index contributed by atoms with van der Waals surface area (Å²) >= 11 is 0. The number of likely N-dealkylation sites (tertiary alicyclic amines) is 1. The second-order valence-electron chi connectivity index (χ2n) is 4.56. The molecule has 5 heteroatoms. The fourth-order valence-electron chi connectivity index (χ4n) is 2.42. The second kappa shape index (κ2) is 6.33. The van der Waals surface area contributed by atoms with Crippen LogP contribution in [0, 0.1) is 0 Å². The minimum atomic E-state index is -0.146. The number of amides is 1. The summed E-state index contributed by atoms with van der Waals surface area (Å²) in [6.45, 7) is 6.37. The zero-order chi connectivity index (χ0) is 12.1. The standard InChI is InChI=1S/C12H22N2O3/c1-2-17-10-3-6-14(7-4-10)12(15)11-9-16-8-5-13-11/h10-11,13H,2-9H2,1H3. The molecule has 2 aliphatic rings. The maximum absolute atomic E-state index is 12.2. The largest absolute Gasteiger partial charge is 0.378 e. The van der Waals surface area contributed by atoms with Crippen LogP contribution in [0.1, 0.15) is 19.8 Å². The summed E-state index contributed by atoms with van der Waals surface area (Å²) in [7, 11) is 0. The first-order valence-corrected chi connectivity index (χ1v) is 6.52. The number of piperidine rings is 1. The van der Waals surface area contributed by atoms with Crippen molar-refractivity contribution in [1.29, 1.82) is 0 Å². The minimum absolute atomic E-state index is 0.146. The second-order valence-corrected chi connectivity index (χ2v) is 4.56. The van der Waals surface area contributed by atoms with E-state index in [1.54, 1.807) is 0 Å². The monoisotopic (exact) mass is 242 g/mol. The van der Waals surface area contributed by atoms with Crippen molar-refractivity contribution < 1.29 is 14.3 Å². The van der Waals surface area contributed by atoms with Crippen LogP contribution in [0.3, 0.4) is 0 Å². The van der Waals surface area contributed by atoms with Crippen molar-refractivity contribution in [3.63, 3.8) is 0 Å². The number of ether oxygens (including phenoxy) is 2. The lowest BCUT2D eigenvalue weighted by atomic mass is 10.1. The van der Waals surface area contributed by atoms with Crippen molar-refractivity contribution in [3.05, 3.63) is 0 Å². The third-order valence-corrected chi connectivity index (χ3v) is 3.38. The first-order chi connectivity index (χ1) is 8.31. The van der Waals surface area contributed by atoms with Gasteiger partial charge in [0.2, 0.25) is 5.91 Å². The third-order valence-electron chi connectivity index (χ3n) is 3.38. The molecule has 0 spiro atoms. The minimum Gasteiger partial charge on any atom is -0.378 e. The smallest absolute Gasteiger partial charge is 0.242 e. The van der Waals surface area contributed by atoms with Gasteiger partial charge in [-0.3, -0.25) is 4.79 Å². The van der Waals surface area contributed by atoms with E-state index in [9.17, 15) is 4.79 Å². The molecular weight excluding hydrogens is 220 g/mol. The zero-order valence-corrected chi connectivity index (χ0v) is 10.5. The highest BCUT2D eigenvalue weighted by atomic mass is 16.5. The lowest BCUT2D eigenvalue weighted by molar-refractivity contribution is -0.138. The molecule has 2 rings (SSSR count). The summed E-state index contributed by atoms with van der Waals surface area (Å²) in [6, 6.07) is -0.146. The lowest BCUT2D eigenvalue weighted by Gasteiger charge is -2.35. The van der Waals surface area contributed by atoms with Crippen LogP contribution in [-0.4, -0.2) is 62.4 Å². The molecule has 1 amide bonds. The number of hydrogen-bond acceptors (Lipinski definition) is 4. The molecule has 98 valence electrons. The predicted molar refractivity (Wildman–Crippen MR) is 63.8 cm³/mol. The molecule has 0 aromatic carbocycles. The Labute approximate surface area is 102 Å². The van der Waals surface area contributed by atoms with Gasteiger partial charge in [0.1, 0.15) is 6.04 Å². The summed E-state index contributed by atoms with van der Waals surface area (Å²) in [4.78, 5) is 14.1. The Bertz CT molecular complexity index is 246. The topological polar surface area (TPSA) is 50.8 Å². The van der Waals surface area contributed by atoms with Gasteiger partial charge in [-0.05, 0) is 19.8 Å². The molecule has 0 bridgehead atoms. The summed E-state index contributed by atoms with van der Waals surface area (Å²) in [5, 5.41) is 3.21. The SMILES string of the molecule is CCOC1CCN(C(=O)C2COCCN2)CC1. The Balaban J connectivity index is 1.77. The van der Waals surface area contributed by atoms with E-state index >= 15 is 0 Å². The maximum Gasteiger partial charge on any atom is 0.242 e. The van der Waals surface area contributed by atoms with Gasteiger partial charge in [-0.2, -0.15) is 0 Å². The first-order valence-electron chi connectivity index (χ1n) is 6.52. The predicted octanol–water partition coefficient (Wildman–Crippen LogP) is 0.00230. The average molecular weight is 242 g/mol. The quantitative estimate of drug-likeness (QED) is 0.757. The third kappa shape index (κ3) is 3.40. The number of nitrogens with zero attached hydrogens (tertiary/aromatic N) is 1. The van der Waals surface area contributed by atoms with Crippen LogP contribution in [0.2, 0.25) is 0 Å². The van der Waals surface area contributed by atoms with Gasteiger partial charge >= 0.3 is 0 Å². The van der Waals surface area contributed by atoms with Crippen LogP contribution in [0.25, 0.3) is 0 Å². The highest BCUT2D eigenvalue weighted by Gasteiger charge is 2.29. The van der Waals surface area contributed by atoms with Crippen LogP contribution in [0.15, 0.2) is 0 Å². The van der Waals surface area contributed by atoms with Crippen LogP contribution in [-0.2, 0) is 14.3 Å². The van der Waals surface area contributed by atoms with Gasteiger partial charge < -0.3 is 19.7 Å². The van der Waals surface area contributed by atoms with E-state index in [4.69, 9.17) is 9.47 Å². The van der Waals surface area contributed by atoms with E-state index in [0.29, 0.717) is 19.3 Å². The number of morpholine rings is 1. The van der Waals surface area contributed by atoms with E-state index in [-0.39, 0.29) is 11.9 Å². The van der Waals surface area contributed by atoms with Crippen LogP contribution < -0.4 is 5.32 Å². The highest BCUT2D eigenvalue weighted by molar-refractivity contribution is 5.82. The molecule has 1 N–H and O–H groups in total. The normalized spacial score (nSPS) is 27.1. The average Bonchev–Trinajstić information content (AvgIpc) is 2.40. The molecule has 5 nitrogen and oxygen atoms in total. The van der Waals surface area contributed by atoms with E-state index in [1.807, 2.05) is 11.8 Å². The Morgan fingerprint density at radius 3 is 2.82 bits per heavy atom. The van der Waals surface area contributed by atoms with Crippen molar-refractivity contribution in [1.82, 2.24) is 10.2 Å². The Kier molecular flexibility index (Phi) is 4.76. The molecule has 0 aromatic rings. The summed E-state index contributed by atoms with van der Waals surface area (Å²) < 4.78 is 10.9. The van der Waals surface area contributed by atoms with E-state index < -0.39 is 0 Å². The summed E-state index contributed by atoms with van der Waals surface area (Å²) in [6.07, 6.45) is 2.24. The van der Waals surface area contributed by atoms with Crippen molar-refractivity contribution in [2.24, 2.45) is 0 Å². The van der Waals surface area contributed by atoms with Crippen molar-refractivity contribution in [3.8, 4) is 0 Å². The van der Waals surface area contributed by atoms with Crippen molar-refractivity contribution >= 4 is 5.91 Å². The number of rotatable bonds is 3. The molecule has 0 aliphatic carbocycles. The lowest BCUT2D eigenvalue weighted by Crippen LogP contribution is -2.54. The van der Waals surface area contributed by atoms with E-state index in [1.165, 1.54) is 0 Å². The first kappa shape index (κ1) is 12.8. The highest BCUT2D eigenvalue weighted by Crippen LogP contribution is 2.14. The van der Waals surface area contributed by atoms with Crippen LogP contribution in [0.4, 0.5) is 0 Å². The molecule has 17 heavy (non-hydrogen) atoms. The summed E-state index contributed by atoms with van der Waals surface area (Å²) in [5.41, 5.74) is 0. The van der Waals surface area contributed by atoms with E-state index in [0.717, 1.165) is 39.1 Å². The van der Waals surface area contributed by atoms with E-state index in [2.05, 4.69) is 5.32 Å². The van der Waals surface area contributed by atoms with Gasteiger partial charge in [0, 0.05) is 26.2 Å². The molecule has 2 heterocycles. The molecule has 1 unspecified atom stereocenters. The Hall–Kier alpha value is -0.650. The Morgan fingerprint density at radius 2 is 2.24 bits per heavy atom. The molecular formula is C12H22N2O3. The number of nitrogens with one attached hydrogen (secondary N) is 1. The maximum atomic E-state index is 12.2. The molecule has 0 aromatic heterocycles.